The van der Waals surface area contributed by atoms with Crippen LogP contribution >= 0.6 is 23.6 Å². The summed E-state index contributed by atoms with van der Waals surface area (Å²) in [7, 11) is 1.61. The number of carbonyl (C=O) groups is 1. The van der Waals surface area contributed by atoms with Gasteiger partial charge in [0.25, 0.3) is 0 Å². The third-order valence-corrected chi connectivity index (χ3v) is 2.39. The van der Waals surface area contributed by atoms with Crippen molar-refractivity contribution in [3.63, 3.8) is 0 Å². The molecular formula is C6H10N4OS2. The van der Waals surface area contributed by atoms with Crippen LogP contribution in [0.15, 0.2) is 0 Å². The molecule has 0 bridgehead atoms. The van der Waals surface area contributed by atoms with Crippen molar-refractivity contribution in [3.05, 3.63) is 3.95 Å². The predicted octanol–water partition coefficient (Wildman–Crippen LogP) is 0.749. The summed E-state index contributed by atoms with van der Waals surface area (Å²) in [5.41, 5.74) is 0. The van der Waals surface area contributed by atoms with Gasteiger partial charge >= 0.3 is 0 Å². The Kier molecular flexibility index (Phi) is 3.84. The van der Waals surface area contributed by atoms with Crippen molar-refractivity contribution in [1.82, 2.24) is 15.5 Å². The van der Waals surface area contributed by atoms with Crippen LogP contribution in [-0.4, -0.2) is 29.7 Å². The number of nitrogens with one attached hydrogen (secondary N) is 3. The van der Waals surface area contributed by atoms with Gasteiger partial charge in [0.05, 0.1) is 0 Å². The van der Waals surface area contributed by atoms with Gasteiger partial charge in [0.2, 0.25) is 11.0 Å². The molecule has 1 aromatic heterocycles. The minimum absolute atomic E-state index is 0.00614. The number of rotatable bonds is 4. The van der Waals surface area contributed by atoms with Crippen LogP contribution < -0.4 is 10.6 Å². The molecule has 1 aromatic rings. The highest BCUT2D eigenvalue weighted by atomic mass is 32.1. The zero-order valence-corrected chi connectivity index (χ0v) is 8.72. The standard InChI is InChI=1S/C6H10N4OS2/c1-7-4(11)2-3-8-5-9-10-6(12)13-5/h2-3H2,1H3,(H,7,11)(H,8,9)(H,10,12). The van der Waals surface area contributed by atoms with Gasteiger partial charge < -0.3 is 10.6 Å². The van der Waals surface area contributed by atoms with E-state index in [1.54, 1.807) is 7.05 Å². The molecule has 0 spiro atoms. The topological polar surface area (TPSA) is 69.8 Å². The summed E-state index contributed by atoms with van der Waals surface area (Å²) in [6.45, 7) is 0.565. The molecule has 0 unspecified atom stereocenters. The van der Waals surface area contributed by atoms with Crippen LogP contribution in [0, 0.1) is 3.95 Å². The van der Waals surface area contributed by atoms with Crippen LogP contribution in [0.1, 0.15) is 6.42 Å². The summed E-state index contributed by atoms with van der Waals surface area (Å²) in [6.07, 6.45) is 0.433. The van der Waals surface area contributed by atoms with Crippen molar-refractivity contribution in [2.45, 2.75) is 6.42 Å². The van der Waals surface area contributed by atoms with Gasteiger partial charge in [-0.1, -0.05) is 11.3 Å². The molecule has 0 saturated carbocycles. The Morgan fingerprint density at radius 2 is 2.54 bits per heavy atom. The molecule has 13 heavy (non-hydrogen) atoms. The molecule has 0 aliphatic heterocycles. The normalized spacial score (nSPS) is 9.62. The number of hydrogen-bond donors (Lipinski definition) is 3. The Morgan fingerprint density at radius 1 is 1.77 bits per heavy atom. The van der Waals surface area contributed by atoms with E-state index < -0.39 is 0 Å². The van der Waals surface area contributed by atoms with Crippen LogP contribution in [0.5, 0.6) is 0 Å². The van der Waals surface area contributed by atoms with Crippen LogP contribution in [-0.2, 0) is 4.79 Å². The van der Waals surface area contributed by atoms with Crippen LogP contribution in [0.4, 0.5) is 5.13 Å². The minimum atomic E-state index is 0.00614. The Bertz CT molecular complexity index is 331. The molecule has 7 heteroatoms. The lowest BCUT2D eigenvalue weighted by molar-refractivity contribution is -0.120. The molecule has 1 heterocycles. The fourth-order valence-electron chi connectivity index (χ4n) is 0.713. The number of hydrogen-bond acceptors (Lipinski definition) is 5. The average Bonchev–Trinajstić information content (AvgIpc) is 2.51. The zero-order chi connectivity index (χ0) is 9.68. The molecular weight excluding hydrogens is 208 g/mol. The number of aromatic nitrogens is 2. The second kappa shape index (κ2) is 4.93. The van der Waals surface area contributed by atoms with Crippen molar-refractivity contribution < 1.29 is 4.79 Å². The summed E-state index contributed by atoms with van der Waals surface area (Å²) < 4.78 is 0.627. The average molecular weight is 218 g/mol. The molecule has 0 atom stereocenters. The van der Waals surface area contributed by atoms with Gasteiger partial charge in [-0.25, -0.2) is 0 Å². The fourth-order valence-corrected chi connectivity index (χ4v) is 1.53. The monoisotopic (exact) mass is 218 g/mol. The Morgan fingerprint density at radius 3 is 3.08 bits per heavy atom. The van der Waals surface area contributed by atoms with Crippen LogP contribution in [0.2, 0.25) is 0 Å². The molecule has 1 amide bonds. The zero-order valence-electron chi connectivity index (χ0n) is 7.09. The molecule has 0 aromatic carbocycles. The fraction of sp³-hybridized carbons (Fsp3) is 0.500. The van der Waals surface area contributed by atoms with Crippen molar-refractivity contribution in [2.24, 2.45) is 0 Å². The summed E-state index contributed by atoms with van der Waals surface area (Å²) >= 11 is 6.19. The number of nitrogens with zero attached hydrogens (tertiary/aromatic N) is 1. The number of anilines is 1. The SMILES string of the molecule is CNC(=O)CCNc1n[nH]c(=S)s1. The lowest BCUT2D eigenvalue weighted by Gasteiger charge is -1.99. The first-order valence-corrected chi connectivity index (χ1v) is 4.95. The lowest BCUT2D eigenvalue weighted by Crippen LogP contribution is -2.20. The highest BCUT2D eigenvalue weighted by Crippen LogP contribution is 2.09. The summed E-state index contributed by atoms with van der Waals surface area (Å²) in [5.74, 6) is 0.00614. The maximum Gasteiger partial charge on any atom is 0.221 e. The second-order valence-electron chi connectivity index (χ2n) is 2.27. The Balaban J connectivity index is 2.28. The van der Waals surface area contributed by atoms with E-state index >= 15 is 0 Å². The number of amides is 1. The molecule has 0 saturated heterocycles. The van der Waals surface area contributed by atoms with E-state index in [9.17, 15) is 4.79 Å². The molecule has 3 N–H and O–H groups in total. The molecule has 0 radical (unpaired) electrons. The Hall–Kier alpha value is -0.950. The van der Waals surface area contributed by atoms with E-state index in [0.29, 0.717) is 22.1 Å². The Labute approximate surface area is 84.6 Å². The quantitative estimate of drug-likeness (QED) is 0.652. The number of aromatic amines is 1. The maximum atomic E-state index is 10.8. The van der Waals surface area contributed by atoms with Gasteiger partial charge in [-0.3, -0.25) is 9.89 Å². The van der Waals surface area contributed by atoms with Crippen LogP contribution in [0.3, 0.4) is 0 Å². The first kappa shape index (κ1) is 10.1. The molecule has 0 aliphatic rings. The summed E-state index contributed by atoms with van der Waals surface area (Å²) in [6, 6.07) is 0. The van der Waals surface area contributed by atoms with Gasteiger partial charge in [0.15, 0.2) is 3.95 Å². The first-order valence-electron chi connectivity index (χ1n) is 3.72. The van der Waals surface area contributed by atoms with E-state index in [1.165, 1.54) is 11.3 Å². The minimum Gasteiger partial charge on any atom is -0.360 e. The lowest BCUT2D eigenvalue weighted by atomic mass is 10.4. The molecule has 0 aliphatic carbocycles. The van der Waals surface area contributed by atoms with E-state index in [-0.39, 0.29) is 5.91 Å². The maximum absolute atomic E-state index is 10.8. The summed E-state index contributed by atoms with van der Waals surface area (Å²) in [5, 5.41) is 12.8. The largest absolute Gasteiger partial charge is 0.360 e. The van der Waals surface area contributed by atoms with Crippen molar-refractivity contribution in [2.75, 3.05) is 18.9 Å². The van der Waals surface area contributed by atoms with Gasteiger partial charge in [-0.05, 0) is 12.2 Å². The first-order chi connectivity index (χ1) is 6.22. The van der Waals surface area contributed by atoms with E-state index in [4.69, 9.17) is 12.2 Å². The molecule has 0 fully saturated rings. The van der Waals surface area contributed by atoms with Crippen molar-refractivity contribution in [3.8, 4) is 0 Å². The van der Waals surface area contributed by atoms with E-state index in [1.807, 2.05) is 0 Å². The smallest absolute Gasteiger partial charge is 0.221 e. The highest BCUT2D eigenvalue weighted by Gasteiger charge is 1.99. The predicted molar refractivity (Wildman–Crippen MR) is 54.5 cm³/mol. The molecule has 72 valence electrons. The van der Waals surface area contributed by atoms with Gasteiger partial charge in [-0.15, -0.1) is 5.10 Å². The van der Waals surface area contributed by atoms with Gasteiger partial charge in [-0.2, -0.15) is 0 Å². The van der Waals surface area contributed by atoms with Gasteiger partial charge in [0.1, 0.15) is 0 Å². The molecule has 5 nitrogen and oxygen atoms in total. The second-order valence-corrected chi connectivity index (χ2v) is 3.93. The number of carbonyl (C=O) groups excluding carboxylic acids is 1. The highest BCUT2D eigenvalue weighted by molar-refractivity contribution is 7.73. The van der Waals surface area contributed by atoms with Crippen molar-refractivity contribution in [1.29, 1.82) is 0 Å². The number of H-pyrrole nitrogens is 1. The third kappa shape index (κ3) is 3.51. The van der Waals surface area contributed by atoms with Gasteiger partial charge in [0, 0.05) is 20.0 Å². The van der Waals surface area contributed by atoms with E-state index in [2.05, 4.69) is 20.8 Å². The third-order valence-electron chi connectivity index (χ3n) is 1.35. The summed E-state index contributed by atoms with van der Waals surface area (Å²) in [4.78, 5) is 10.8. The van der Waals surface area contributed by atoms with E-state index in [0.717, 1.165) is 0 Å². The molecule has 1 rings (SSSR count). The van der Waals surface area contributed by atoms with Crippen molar-refractivity contribution >= 4 is 34.6 Å². The van der Waals surface area contributed by atoms with Crippen LogP contribution in [0.25, 0.3) is 0 Å².